The van der Waals surface area contributed by atoms with E-state index in [0.29, 0.717) is 31.6 Å². The number of aryl methyl sites for hydroxylation is 1. The molecule has 9 heteroatoms. The summed E-state index contributed by atoms with van der Waals surface area (Å²) < 4.78 is 30.0. The van der Waals surface area contributed by atoms with E-state index in [2.05, 4.69) is 4.72 Å². The molecule has 26 heavy (non-hydrogen) atoms. The average Bonchev–Trinajstić information content (AvgIpc) is 2.64. The van der Waals surface area contributed by atoms with Gasteiger partial charge in [-0.15, -0.1) is 0 Å². The lowest BCUT2D eigenvalue weighted by Crippen LogP contribution is -2.47. The zero-order valence-electron chi connectivity index (χ0n) is 14.8. The third-order valence-corrected chi connectivity index (χ3v) is 6.18. The summed E-state index contributed by atoms with van der Waals surface area (Å²) in [6.45, 7) is 1.07. The number of nitrogens with one attached hydrogen (secondary N) is 1. The van der Waals surface area contributed by atoms with E-state index in [0.717, 1.165) is 4.57 Å². The highest BCUT2D eigenvalue weighted by Crippen LogP contribution is 2.18. The van der Waals surface area contributed by atoms with Gasteiger partial charge in [0.05, 0.1) is 4.90 Å². The first-order chi connectivity index (χ1) is 12.3. The quantitative estimate of drug-likeness (QED) is 0.810. The minimum atomic E-state index is -3.55. The number of nitrogens with zero attached hydrogens (tertiary/aromatic N) is 3. The molecule has 3 rings (SSSR count). The van der Waals surface area contributed by atoms with Crippen LogP contribution < -0.4 is 20.9 Å². The molecule has 0 atom stereocenters. The lowest BCUT2D eigenvalue weighted by atomic mass is 10.1. The fourth-order valence-corrected chi connectivity index (χ4v) is 4.46. The fraction of sp³-hybridized carbons (Fsp3) is 0.412. The number of aromatic nitrogens is 2. The fourth-order valence-electron chi connectivity index (χ4n) is 3.13. The normalized spacial score (nSPS) is 16.0. The van der Waals surface area contributed by atoms with Gasteiger partial charge in [-0.25, -0.2) is 17.9 Å². The van der Waals surface area contributed by atoms with Crippen molar-refractivity contribution < 1.29 is 8.42 Å². The summed E-state index contributed by atoms with van der Waals surface area (Å²) in [6.07, 6.45) is 2.70. The maximum Gasteiger partial charge on any atom is 0.330 e. The van der Waals surface area contributed by atoms with Gasteiger partial charge in [0.25, 0.3) is 5.56 Å². The van der Waals surface area contributed by atoms with Crippen LogP contribution in [0.2, 0.25) is 0 Å². The summed E-state index contributed by atoms with van der Waals surface area (Å²) in [5, 5.41) is 0. The second kappa shape index (κ2) is 7.08. The Morgan fingerprint density at radius 2 is 1.65 bits per heavy atom. The smallest absolute Gasteiger partial charge is 0.330 e. The Morgan fingerprint density at radius 3 is 2.27 bits per heavy atom. The van der Waals surface area contributed by atoms with E-state index in [1.54, 1.807) is 43.6 Å². The Hall–Kier alpha value is -2.39. The van der Waals surface area contributed by atoms with Gasteiger partial charge < -0.3 is 9.47 Å². The summed E-state index contributed by atoms with van der Waals surface area (Å²) in [4.78, 5) is 26.3. The molecular formula is C17H22N4O4S. The maximum absolute atomic E-state index is 12.4. The Morgan fingerprint density at radius 1 is 1.04 bits per heavy atom. The first-order valence-electron chi connectivity index (χ1n) is 8.38. The summed E-state index contributed by atoms with van der Waals surface area (Å²) in [5.41, 5.74) is -0.250. The molecule has 1 aliphatic heterocycles. The molecule has 2 aromatic rings. The number of sulfonamides is 1. The maximum atomic E-state index is 12.4. The first kappa shape index (κ1) is 18.4. The van der Waals surface area contributed by atoms with Gasteiger partial charge in [0.1, 0.15) is 5.69 Å². The topological polar surface area (TPSA) is 93.4 Å². The van der Waals surface area contributed by atoms with Crippen LogP contribution in [0.3, 0.4) is 0 Å². The molecule has 2 heterocycles. The molecule has 1 aromatic carbocycles. The monoisotopic (exact) mass is 378 g/mol. The van der Waals surface area contributed by atoms with E-state index >= 15 is 0 Å². The number of anilines is 1. The standard InChI is InChI=1S/C17H22N4O4S/c1-19-12-15(16(22)20(2)17(19)23)21-10-8-13(9-11-21)18-26(24,25)14-6-4-3-5-7-14/h3-7,12-13,18H,8-11H2,1-2H3. The second-order valence-corrected chi connectivity index (χ2v) is 8.18. The van der Waals surface area contributed by atoms with E-state index in [1.807, 2.05) is 4.90 Å². The van der Waals surface area contributed by atoms with Crippen LogP contribution in [0.5, 0.6) is 0 Å². The zero-order chi connectivity index (χ0) is 18.9. The van der Waals surface area contributed by atoms with E-state index in [-0.39, 0.29) is 22.2 Å². The minimum Gasteiger partial charge on any atom is -0.366 e. The number of hydrogen-bond acceptors (Lipinski definition) is 5. The van der Waals surface area contributed by atoms with Crippen LogP contribution in [0.4, 0.5) is 5.69 Å². The van der Waals surface area contributed by atoms with Crippen molar-refractivity contribution in [3.63, 3.8) is 0 Å². The van der Waals surface area contributed by atoms with Crippen LogP contribution in [-0.2, 0) is 24.1 Å². The Bertz CT molecular complexity index is 1000. The van der Waals surface area contributed by atoms with Crippen LogP contribution in [0.15, 0.2) is 51.0 Å². The second-order valence-electron chi connectivity index (χ2n) is 6.47. The van der Waals surface area contributed by atoms with Crippen LogP contribution in [0.25, 0.3) is 0 Å². The number of benzene rings is 1. The highest BCUT2D eigenvalue weighted by Gasteiger charge is 2.26. The summed E-state index contributed by atoms with van der Waals surface area (Å²) >= 11 is 0. The molecule has 0 saturated carbocycles. The van der Waals surface area contributed by atoms with Crippen LogP contribution >= 0.6 is 0 Å². The molecule has 0 amide bonds. The molecule has 1 aromatic heterocycles. The lowest BCUT2D eigenvalue weighted by molar-refractivity contribution is 0.457. The van der Waals surface area contributed by atoms with Gasteiger partial charge in [0, 0.05) is 39.4 Å². The van der Waals surface area contributed by atoms with Crippen molar-refractivity contribution in [3.05, 3.63) is 57.4 Å². The lowest BCUT2D eigenvalue weighted by Gasteiger charge is -2.33. The van der Waals surface area contributed by atoms with Crippen molar-refractivity contribution >= 4 is 15.7 Å². The van der Waals surface area contributed by atoms with Gasteiger partial charge in [-0.2, -0.15) is 0 Å². The third-order valence-electron chi connectivity index (χ3n) is 4.64. The van der Waals surface area contributed by atoms with E-state index < -0.39 is 10.0 Å². The molecule has 8 nitrogen and oxygen atoms in total. The van der Waals surface area contributed by atoms with Crippen LogP contribution in [0, 0.1) is 0 Å². The molecule has 0 unspecified atom stereocenters. The van der Waals surface area contributed by atoms with Crippen molar-refractivity contribution in [1.29, 1.82) is 0 Å². The van der Waals surface area contributed by atoms with Crippen molar-refractivity contribution in [2.45, 2.75) is 23.8 Å². The number of rotatable bonds is 4. The van der Waals surface area contributed by atoms with Gasteiger partial charge in [0.2, 0.25) is 10.0 Å². The molecule has 0 spiro atoms. The van der Waals surface area contributed by atoms with Crippen molar-refractivity contribution in [2.24, 2.45) is 14.1 Å². The largest absolute Gasteiger partial charge is 0.366 e. The van der Waals surface area contributed by atoms with Crippen molar-refractivity contribution in [3.8, 4) is 0 Å². The van der Waals surface area contributed by atoms with Crippen molar-refractivity contribution in [2.75, 3.05) is 18.0 Å². The van der Waals surface area contributed by atoms with E-state index in [4.69, 9.17) is 0 Å². The predicted molar refractivity (Wildman–Crippen MR) is 98.9 cm³/mol. The Balaban J connectivity index is 1.71. The number of hydrogen-bond donors (Lipinski definition) is 1. The van der Waals surface area contributed by atoms with Gasteiger partial charge in [-0.3, -0.25) is 9.36 Å². The van der Waals surface area contributed by atoms with Crippen molar-refractivity contribution in [1.82, 2.24) is 13.9 Å². The van der Waals surface area contributed by atoms with E-state index in [9.17, 15) is 18.0 Å². The molecule has 0 bridgehead atoms. The highest BCUT2D eigenvalue weighted by atomic mass is 32.2. The Kier molecular flexibility index (Phi) is 5.01. The zero-order valence-corrected chi connectivity index (χ0v) is 15.6. The molecule has 140 valence electrons. The average molecular weight is 378 g/mol. The molecule has 0 aliphatic carbocycles. The molecule has 1 fully saturated rings. The first-order valence-corrected chi connectivity index (χ1v) is 9.87. The molecule has 1 N–H and O–H groups in total. The van der Waals surface area contributed by atoms with Crippen LogP contribution in [0.1, 0.15) is 12.8 Å². The minimum absolute atomic E-state index is 0.187. The van der Waals surface area contributed by atoms with Gasteiger partial charge >= 0.3 is 5.69 Å². The Labute approximate surface area is 151 Å². The molecule has 1 saturated heterocycles. The van der Waals surface area contributed by atoms with E-state index in [1.165, 1.54) is 11.6 Å². The van der Waals surface area contributed by atoms with Gasteiger partial charge in [0.15, 0.2) is 0 Å². The third kappa shape index (κ3) is 3.58. The molecular weight excluding hydrogens is 356 g/mol. The number of piperidine rings is 1. The molecule has 0 radical (unpaired) electrons. The summed E-state index contributed by atoms with van der Waals surface area (Å²) in [6, 6.07) is 8.08. The summed E-state index contributed by atoms with van der Waals surface area (Å²) in [7, 11) is -0.493. The summed E-state index contributed by atoms with van der Waals surface area (Å²) in [5.74, 6) is 0. The van der Waals surface area contributed by atoms with Gasteiger partial charge in [-0.1, -0.05) is 18.2 Å². The highest BCUT2D eigenvalue weighted by molar-refractivity contribution is 7.89. The van der Waals surface area contributed by atoms with Crippen LogP contribution in [-0.4, -0.2) is 36.7 Å². The SMILES string of the molecule is Cn1cc(N2CCC(NS(=O)(=O)c3ccccc3)CC2)c(=O)n(C)c1=O. The molecule has 1 aliphatic rings. The predicted octanol–water partition coefficient (Wildman–Crippen LogP) is 0.0313. The van der Waals surface area contributed by atoms with Gasteiger partial charge in [-0.05, 0) is 25.0 Å².